The maximum atomic E-state index is 12.1. The maximum absolute atomic E-state index is 12.1. The molecule has 1 aliphatic rings. The lowest BCUT2D eigenvalue weighted by atomic mass is 10.0. The van der Waals surface area contributed by atoms with E-state index in [2.05, 4.69) is 5.32 Å². The number of thioether (sulfide) groups is 1. The van der Waals surface area contributed by atoms with Gasteiger partial charge in [0, 0.05) is 32.1 Å². The number of rotatable bonds is 6. The number of hydrogen-bond donors (Lipinski definition) is 2. The molecule has 1 aliphatic heterocycles. The fraction of sp³-hybridized carbons (Fsp3) is 0.833. The van der Waals surface area contributed by atoms with Crippen molar-refractivity contribution in [3.8, 4) is 0 Å². The molecular formula is C12H20F3N3O2S. The molecule has 0 aromatic carbocycles. The molecular weight excluding hydrogens is 307 g/mol. The molecule has 21 heavy (non-hydrogen) atoms. The van der Waals surface area contributed by atoms with Crippen LogP contribution in [0.15, 0.2) is 0 Å². The number of nitrogens with one attached hydrogen (secondary N) is 1. The normalized spacial score (nSPS) is 19.4. The van der Waals surface area contributed by atoms with E-state index < -0.39 is 17.2 Å². The van der Waals surface area contributed by atoms with E-state index >= 15 is 0 Å². The Labute approximate surface area is 125 Å². The lowest BCUT2D eigenvalue weighted by molar-refractivity contribution is -0.133. The maximum Gasteiger partial charge on any atom is 0.442 e. The van der Waals surface area contributed by atoms with Crippen LogP contribution in [0, 0.1) is 0 Å². The molecule has 9 heteroatoms. The summed E-state index contributed by atoms with van der Waals surface area (Å²) in [5.74, 6) is -1.35. The summed E-state index contributed by atoms with van der Waals surface area (Å²) in [4.78, 5) is 24.7. The van der Waals surface area contributed by atoms with Crippen LogP contribution in [0.25, 0.3) is 0 Å². The van der Waals surface area contributed by atoms with Gasteiger partial charge in [-0.2, -0.15) is 13.2 Å². The molecule has 5 nitrogen and oxygen atoms in total. The molecule has 0 spiro atoms. The van der Waals surface area contributed by atoms with E-state index in [0.717, 1.165) is 12.8 Å². The zero-order valence-corrected chi connectivity index (χ0v) is 12.4. The summed E-state index contributed by atoms with van der Waals surface area (Å²) in [5.41, 5.74) is 0.853. The van der Waals surface area contributed by atoms with Crippen molar-refractivity contribution in [3.05, 3.63) is 0 Å². The number of halogens is 3. The number of nitrogens with two attached hydrogens (primary N) is 1. The summed E-state index contributed by atoms with van der Waals surface area (Å²) < 4.78 is 36.4. The Morgan fingerprint density at radius 2 is 2.05 bits per heavy atom. The Kier molecular flexibility index (Phi) is 7.30. The molecule has 1 saturated heterocycles. The minimum absolute atomic E-state index is 0.199. The Hall–Kier alpha value is -0.960. The molecule has 122 valence electrons. The van der Waals surface area contributed by atoms with E-state index in [0.29, 0.717) is 13.0 Å². The second-order valence-corrected chi connectivity index (χ2v) is 5.85. The second-order valence-electron chi connectivity index (χ2n) is 4.81. The predicted molar refractivity (Wildman–Crippen MR) is 74.5 cm³/mol. The summed E-state index contributed by atoms with van der Waals surface area (Å²) in [6.45, 7) is 0.942. The van der Waals surface area contributed by atoms with Crippen molar-refractivity contribution in [2.24, 2.45) is 5.73 Å². The van der Waals surface area contributed by atoms with Crippen LogP contribution in [-0.4, -0.2) is 53.7 Å². The molecule has 0 aromatic rings. The van der Waals surface area contributed by atoms with E-state index in [4.69, 9.17) is 5.73 Å². The molecule has 1 fully saturated rings. The van der Waals surface area contributed by atoms with E-state index in [9.17, 15) is 22.8 Å². The van der Waals surface area contributed by atoms with Crippen molar-refractivity contribution in [1.29, 1.82) is 0 Å². The van der Waals surface area contributed by atoms with Crippen LogP contribution in [0.1, 0.15) is 25.7 Å². The zero-order chi connectivity index (χ0) is 15.9. The van der Waals surface area contributed by atoms with E-state index in [1.165, 1.54) is 4.90 Å². The average Bonchev–Trinajstić information content (AvgIpc) is 2.42. The molecule has 2 amide bonds. The Balaban J connectivity index is 2.48. The monoisotopic (exact) mass is 327 g/mol. The van der Waals surface area contributed by atoms with Crippen LogP contribution >= 0.6 is 11.8 Å². The van der Waals surface area contributed by atoms with Crippen LogP contribution in [0.2, 0.25) is 0 Å². The fourth-order valence-corrected chi connectivity index (χ4v) is 2.67. The van der Waals surface area contributed by atoms with Gasteiger partial charge >= 0.3 is 5.51 Å². The Morgan fingerprint density at radius 1 is 1.33 bits per heavy atom. The fourth-order valence-electron chi connectivity index (χ4n) is 2.22. The van der Waals surface area contributed by atoms with E-state index in [1.54, 1.807) is 0 Å². The Morgan fingerprint density at radius 3 is 2.67 bits per heavy atom. The number of carbonyl (C=O) groups is 2. The van der Waals surface area contributed by atoms with Crippen LogP contribution in [0.3, 0.4) is 0 Å². The first kappa shape index (κ1) is 18.1. The first-order valence-electron chi connectivity index (χ1n) is 6.80. The van der Waals surface area contributed by atoms with Crippen LogP contribution in [-0.2, 0) is 9.59 Å². The molecule has 0 aromatic heterocycles. The first-order valence-corrected chi connectivity index (χ1v) is 7.79. The molecule has 0 aliphatic carbocycles. The van der Waals surface area contributed by atoms with Gasteiger partial charge in [-0.05, 0) is 31.0 Å². The number of carbonyl (C=O) groups excluding carboxylic acids is 2. The summed E-state index contributed by atoms with van der Waals surface area (Å²) in [5, 5.41) is 2.67. The van der Waals surface area contributed by atoms with Gasteiger partial charge in [-0.25, -0.2) is 0 Å². The van der Waals surface area contributed by atoms with Gasteiger partial charge in [-0.1, -0.05) is 0 Å². The van der Waals surface area contributed by atoms with E-state index in [-0.39, 0.29) is 43.2 Å². The second kappa shape index (κ2) is 8.47. The third kappa shape index (κ3) is 7.03. The average molecular weight is 327 g/mol. The lowest BCUT2D eigenvalue weighted by Gasteiger charge is -2.36. The molecule has 1 atom stereocenters. The largest absolute Gasteiger partial charge is 0.442 e. The molecule has 1 rings (SSSR count). The highest BCUT2D eigenvalue weighted by Gasteiger charge is 2.32. The minimum atomic E-state index is -4.41. The number of hydrogen-bond acceptors (Lipinski definition) is 4. The van der Waals surface area contributed by atoms with Gasteiger partial charge < -0.3 is 16.0 Å². The quantitative estimate of drug-likeness (QED) is 0.766. The number of amides is 2. The summed E-state index contributed by atoms with van der Waals surface area (Å²) in [6.07, 6.45) is 2.55. The van der Waals surface area contributed by atoms with Crippen molar-refractivity contribution >= 4 is 23.6 Å². The van der Waals surface area contributed by atoms with Crippen molar-refractivity contribution in [2.45, 2.75) is 37.2 Å². The highest BCUT2D eigenvalue weighted by molar-refractivity contribution is 8.00. The third-order valence-electron chi connectivity index (χ3n) is 3.21. The topological polar surface area (TPSA) is 75.4 Å². The molecule has 3 N–H and O–H groups in total. The smallest absolute Gasteiger partial charge is 0.354 e. The van der Waals surface area contributed by atoms with E-state index in [1.807, 2.05) is 0 Å². The molecule has 1 heterocycles. The van der Waals surface area contributed by atoms with Crippen molar-refractivity contribution in [2.75, 3.05) is 25.4 Å². The highest BCUT2D eigenvalue weighted by atomic mass is 32.2. The number of nitrogens with zero attached hydrogens (tertiary/aromatic N) is 1. The lowest BCUT2D eigenvalue weighted by Crippen LogP contribution is -2.50. The molecule has 1 unspecified atom stereocenters. The van der Waals surface area contributed by atoms with Crippen molar-refractivity contribution < 1.29 is 22.8 Å². The Bertz CT molecular complexity index is 366. The first-order chi connectivity index (χ1) is 9.83. The van der Waals surface area contributed by atoms with Crippen molar-refractivity contribution in [1.82, 2.24) is 10.2 Å². The van der Waals surface area contributed by atoms with Gasteiger partial charge in [0.05, 0.1) is 5.75 Å². The van der Waals surface area contributed by atoms with Gasteiger partial charge in [-0.15, -0.1) is 0 Å². The van der Waals surface area contributed by atoms with Gasteiger partial charge in [0.15, 0.2) is 0 Å². The van der Waals surface area contributed by atoms with Gasteiger partial charge in [0.25, 0.3) is 0 Å². The minimum Gasteiger partial charge on any atom is -0.354 e. The van der Waals surface area contributed by atoms with Gasteiger partial charge in [0.1, 0.15) is 0 Å². The van der Waals surface area contributed by atoms with Gasteiger partial charge in [-0.3, -0.25) is 9.59 Å². The number of alkyl halides is 3. The summed E-state index contributed by atoms with van der Waals surface area (Å²) in [6, 6.07) is -0.234. The predicted octanol–water partition coefficient (Wildman–Crippen LogP) is 1.09. The number of likely N-dealkylation sites (tertiary alicyclic amines) is 1. The standard InChI is InChI=1S/C12H20F3N3O2S/c13-12(14,15)21-8-11(20)18-6-2-1-3-9(18)7-17-10(19)4-5-16/h9H,1-8,16H2,(H,17,19). The zero-order valence-electron chi connectivity index (χ0n) is 11.6. The van der Waals surface area contributed by atoms with Gasteiger partial charge in [0.2, 0.25) is 11.8 Å². The molecule has 0 saturated carbocycles. The summed E-state index contributed by atoms with van der Waals surface area (Å²) >= 11 is -0.325. The molecule has 0 radical (unpaired) electrons. The SMILES string of the molecule is NCCC(=O)NCC1CCCCN1C(=O)CSC(F)(F)F. The van der Waals surface area contributed by atoms with Crippen LogP contribution < -0.4 is 11.1 Å². The number of piperidine rings is 1. The third-order valence-corrected chi connectivity index (χ3v) is 3.93. The highest BCUT2D eigenvalue weighted by Crippen LogP contribution is 2.30. The van der Waals surface area contributed by atoms with Crippen molar-refractivity contribution in [3.63, 3.8) is 0 Å². The molecule has 0 bridgehead atoms. The van der Waals surface area contributed by atoms with Crippen LogP contribution in [0.4, 0.5) is 13.2 Å². The summed E-state index contributed by atoms with van der Waals surface area (Å²) in [7, 11) is 0. The van der Waals surface area contributed by atoms with Crippen LogP contribution in [0.5, 0.6) is 0 Å².